The second-order valence-electron chi connectivity index (χ2n) is 5.72. The molecule has 0 bridgehead atoms. The second kappa shape index (κ2) is 7.02. The molecule has 0 saturated carbocycles. The van der Waals surface area contributed by atoms with Gasteiger partial charge in [0.2, 0.25) is 11.8 Å². The molecule has 0 saturated heterocycles. The minimum atomic E-state index is -4.48. The Labute approximate surface area is 132 Å². The summed E-state index contributed by atoms with van der Waals surface area (Å²) in [5, 5.41) is 1.73. The van der Waals surface area contributed by atoms with Crippen LogP contribution >= 0.6 is 0 Å². The number of amides is 2. The van der Waals surface area contributed by atoms with E-state index in [2.05, 4.69) is 6.92 Å². The molecule has 2 amide bonds. The molecular formula is C16H19F3N2O2. The van der Waals surface area contributed by atoms with Crippen molar-refractivity contribution >= 4 is 17.5 Å². The third kappa shape index (κ3) is 4.71. The van der Waals surface area contributed by atoms with Crippen molar-refractivity contribution in [3.8, 4) is 0 Å². The first-order valence-electron chi connectivity index (χ1n) is 7.50. The predicted molar refractivity (Wildman–Crippen MR) is 80.1 cm³/mol. The Hall–Kier alpha value is -2.05. The molecule has 1 aliphatic heterocycles. The first-order valence-corrected chi connectivity index (χ1v) is 7.50. The van der Waals surface area contributed by atoms with Gasteiger partial charge in [-0.1, -0.05) is 25.1 Å². The van der Waals surface area contributed by atoms with Gasteiger partial charge in [-0.2, -0.15) is 13.2 Å². The molecule has 7 heteroatoms. The van der Waals surface area contributed by atoms with Gasteiger partial charge in [-0.05, 0) is 30.4 Å². The summed E-state index contributed by atoms with van der Waals surface area (Å²) in [5.74, 6) is -1.10. The van der Waals surface area contributed by atoms with Gasteiger partial charge in [0.1, 0.15) is 13.0 Å². The molecule has 0 fully saturated rings. The van der Waals surface area contributed by atoms with Crippen molar-refractivity contribution in [2.45, 2.75) is 38.3 Å². The van der Waals surface area contributed by atoms with E-state index in [9.17, 15) is 22.8 Å². The summed E-state index contributed by atoms with van der Waals surface area (Å²) in [5.41, 5.74) is 1.76. The van der Waals surface area contributed by atoms with Crippen LogP contribution in [0.5, 0.6) is 0 Å². The molecule has 0 spiro atoms. The van der Waals surface area contributed by atoms with Crippen molar-refractivity contribution in [2.24, 2.45) is 0 Å². The summed E-state index contributed by atoms with van der Waals surface area (Å²) in [6, 6.07) is 7.44. The average Bonchev–Trinajstić information content (AvgIpc) is 2.64. The van der Waals surface area contributed by atoms with E-state index in [0.29, 0.717) is 12.5 Å². The molecule has 0 aliphatic carbocycles. The van der Waals surface area contributed by atoms with Crippen LogP contribution in [0.4, 0.5) is 18.9 Å². The highest BCUT2D eigenvalue weighted by Gasteiger charge is 2.29. The molecular weight excluding hydrogens is 309 g/mol. The zero-order valence-corrected chi connectivity index (χ0v) is 12.8. The number of carbonyl (C=O) groups is 2. The molecule has 1 aromatic rings. The summed E-state index contributed by atoms with van der Waals surface area (Å²) in [6.07, 6.45) is -3.37. The third-order valence-electron chi connectivity index (χ3n) is 3.88. The normalized spacial score (nSPS) is 18.1. The number of para-hydroxylation sites is 1. The Bertz CT molecular complexity index is 587. The van der Waals surface area contributed by atoms with Gasteiger partial charge in [0.25, 0.3) is 0 Å². The number of rotatable bonds is 3. The maximum atomic E-state index is 12.3. The summed E-state index contributed by atoms with van der Waals surface area (Å²) in [7, 11) is 0. The maximum absolute atomic E-state index is 12.3. The van der Waals surface area contributed by atoms with Gasteiger partial charge in [0.05, 0.1) is 0 Å². The van der Waals surface area contributed by atoms with Crippen LogP contribution in [-0.4, -0.2) is 31.1 Å². The molecule has 1 heterocycles. The first kappa shape index (κ1) is 17.3. The fourth-order valence-electron chi connectivity index (χ4n) is 2.73. The van der Waals surface area contributed by atoms with E-state index in [1.54, 1.807) is 11.4 Å². The Balaban J connectivity index is 2.07. The molecule has 1 aliphatic rings. The number of alkyl halides is 3. The lowest BCUT2D eigenvalue weighted by Crippen LogP contribution is -2.39. The van der Waals surface area contributed by atoms with E-state index >= 15 is 0 Å². The van der Waals surface area contributed by atoms with Crippen molar-refractivity contribution in [2.75, 3.05) is 18.0 Å². The van der Waals surface area contributed by atoms with Gasteiger partial charge < -0.3 is 10.2 Å². The largest absolute Gasteiger partial charge is 0.405 e. The fourth-order valence-corrected chi connectivity index (χ4v) is 2.73. The van der Waals surface area contributed by atoms with E-state index in [4.69, 9.17) is 0 Å². The first-order chi connectivity index (χ1) is 10.8. The zero-order chi connectivity index (χ0) is 17.0. The zero-order valence-electron chi connectivity index (χ0n) is 12.8. The van der Waals surface area contributed by atoms with Gasteiger partial charge >= 0.3 is 6.18 Å². The third-order valence-corrected chi connectivity index (χ3v) is 3.88. The van der Waals surface area contributed by atoms with E-state index in [1.165, 1.54) is 4.90 Å². The van der Waals surface area contributed by atoms with Gasteiger partial charge in [-0.25, -0.2) is 0 Å². The van der Waals surface area contributed by atoms with Crippen LogP contribution in [0.3, 0.4) is 0 Å². The molecule has 4 nitrogen and oxygen atoms in total. The quantitative estimate of drug-likeness (QED) is 0.867. The van der Waals surface area contributed by atoms with Crippen molar-refractivity contribution < 1.29 is 22.8 Å². The number of hydrogen-bond acceptors (Lipinski definition) is 2. The van der Waals surface area contributed by atoms with E-state index < -0.39 is 31.0 Å². The highest BCUT2D eigenvalue weighted by molar-refractivity contribution is 6.05. The van der Waals surface area contributed by atoms with Crippen LogP contribution in [0.1, 0.15) is 37.7 Å². The molecule has 0 aromatic heterocycles. The predicted octanol–water partition coefficient (Wildman–Crippen LogP) is 2.99. The van der Waals surface area contributed by atoms with Crippen molar-refractivity contribution in [1.29, 1.82) is 0 Å². The number of nitrogens with zero attached hydrogens (tertiary/aromatic N) is 1. The molecule has 126 valence electrons. The highest BCUT2D eigenvalue weighted by Crippen LogP contribution is 2.34. The Morgan fingerprint density at radius 3 is 2.70 bits per heavy atom. The fraction of sp³-hybridized carbons (Fsp3) is 0.500. The van der Waals surface area contributed by atoms with Gasteiger partial charge in [0.15, 0.2) is 0 Å². The lowest BCUT2D eigenvalue weighted by atomic mass is 9.96. The van der Waals surface area contributed by atoms with Gasteiger partial charge in [-0.15, -0.1) is 0 Å². The van der Waals surface area contributed by atoms with Gasteiger partial charge in [-0.3, -0.25) is 9.59 Å². The van der Waals surface area contributed by atoms with E-state index in [0.717, 1.165) is 24.1 Å². The lowest BCUT2D eigenvalue weighted by molar-refractivity contribution is -0.140. The summed E-state index contributed by atoms with van der Waals surface area (Å²) in [6.45, 7) is 1.11. The average molecular weight is 328 g/mol. The Kier molecular flexibility index (Phi) is 5.28. The SMILES string of the molecule is C[C@H]1CCCN(C(=O)CC(=O)NCC(F)(F)F)c2ccccc21. The van der Waals surface area contributed by atoms with Crippen molar-refractivity contribution in [1.82, 2.24) is 5.32 Å². The van der Waals surface area contributed by atoms with Crippen molar-refractivity contribution in [3.05, 3.63) is 29.8 Å². The second-order valence-corrected chi connectivity index (χ2v) is 5.72. The molecule has 23 heavy (non-hydrogen) atoms. The number of carbonyl (C=O) groups excluding carboxylic acids is 2. The summed E-state index contributed by atoms with van der Waals surface area (Å²) < 4.78 is 36.3. The van der Waals surface area contributed by atoms with Crippen LogP contribution in [0.25, 0.3) is 0 Å². The van der Waals surface area contributed by atoms with Gasteiger partial charge in [0, 0.05) is 12.2 Å². The van der Waals surface area contributed by atoms with Crippen LogP contribution < -0.4 is 10.2 Å². The van der Waals surface area contributed by atoms with E-state index in [-0.39, 0.29) is 0 Å². The monoisotopic (exact) mass is 328 g/mol. The molecule has 0 radical (unpaired) electrons. The maximum Gasteiger partial charge on any atom is 0.405 e. The van der Waals surface area contributed by atoms with Crippen LogP contribution in [0, 0.1) is 0 Å². The Morgan fingerprint density at radius 2 is 2.00 bits per heavy atom. The Morgan fingerprint density at radius 1 is 1.30 bits per heavy atom. The number of nitrogens with one attached hydrogen (secondary N) is 1. The topological polar surface area (TPSA) is 49.4 Å². The molecule has 0 unspecified atom stereocenters. The molecule has 1 aromatic carbocycles. The van der Waals surface area contributed by atoms with Crippen molar-refractivity contribution in [3.63, 3.8) is 0 Å². The van der Waals surface area contributed by atoms with E-state index in [1.807, 2.05) is 18.2 Å². The number of hydrogen-bond donors (Lipinski definition) is 1. The minimum Gasteiger partial charge on any atom is -0.347 e. The van der Waals surface area contributed by atoms with Crippen LogP contribution in [0.2, 0.25) is 0 Å². The lowest BCUT2D eigenvalue weighted by Gasteiger charge is -2.23. The number of benzene rings is 1. The molecule has 1 N–H and O–H groups in total. The summed E-state index contributed by atoms with van der Waals surface area (Å²) >= 11 is 0. The summed E-state index contributed by atoms with van der Waals surface area (Å²) in [4.78, 5) is 25.4. The minimum absolute atomic E-state index is 0.294. The van der Waals surface area contributed by atoms with Crippen LogP contribution in [0.15, 0.2) is 24.3 Å². The number of halogens is 3. The smallest absolute Gasteiger partial charge is 0.347 e. The molecule has 1 atom stereocenters. The highest BCUT2D eigenvalue weighted by atomic mass is 19.4. The number of fused-ring (bicyclic) bond motifs is 1. The molecule has 2 rings (SSSR count). The number of anilines is 1. The standard InChI is InChI=1S/C16H19F3N2O2/c1-11-5-4-8-21(13-7-3-2-6-12(11)13)15(23)9-14(22)20-10-16(17,18)19/h2-3,6-7,11H,4-5,8-10H2,1H3,(H,20,22)/t11-/m0/s1. The van der Waals surface area contributed by atoms with Crippen LogP contribution in [-0.2, 0) is 9.59 Å².